The van der Waals surface area contributed by atoms with Gasteiger partial charge in [0, 0.05) is 35.4 Å². The van der Waals surface area contributed by atoms with Crippen molar-refractivity contribution < 1.29 is 13.2 Å². The second kappa shape index (κ2) is 11.1. The van der Waals surface area contributed by atoms with Crippen molar-refractivity contribution in [1.29, 1.82) is 0 Å². The summed E-state index contributed by atoms with van der Waals surface area (Å²) in [5.41, 5.74) is 8.22. The highest BCUT2D eigenvalue weighted by molar-refractivity contribution is 7.81. The Balaban J connectivity index is 1.14. The van der Waals surface area contributed by atoms with Gasteiger partial charge in [-0.3, -0.25) is 4.98 Å². The lowest BCUT2D eigenvalue weighted by molar-refractivity contribution is -0.137. The van der Waals surface area contributed by atoms with Crippen molar-refractivity contribution in [3.63, 3.8) is 0 Å². The van der Waals surface area contributed by atoms with E-state index >= 15 is 0 Å². The summed E-state index contributed by atoms with van der Waals surface area (Å²) < 4.78 is 39.3. The molecule has 6 rings (SSSR count). The Morgan fingerprint density at radius 2 is 1.68 bits per heavy atom. The van der Waals surface area contributed by atoms with E-state index in [-0.39, 0.29) is 0 Å². The van der Waals surface area contributed by atoms with Gasteiger partial charge < -0.3 is 10.6 Å². The Labute approximate surface area is 242 Å². The normalized spacial score (nSPS) is 14.7. The standard InChI is InChI=1S/C34H28F3N3S/c1-21-5-4-7-30(32(21)23-9-12-27(13-10-23)34(35,36)37)33(41)40-28-14-11-24-16-29(18-26(24)17-28)38-19-22-15-25-6-2-3-8-31(25)39-20-22/h2-15,17,20,29,38H,16,18-19H2,1H3,(H,40,41)/t29-/m0/s1. The molecule has 0 saturated carbocycles. The number of benzene rings is 4. The van der Waals surface area contributed by atoms with Crippen LogP contribution in [0.2, 0.25) is 0 Å². The predicted molar refractivity (Wildman–Crippen MR) is 163 cm³/mol. The number of hydrogen-bond acceptors (Lipinski definition) is 3. The number of para-hydroxylation sites is 1. The summed E-state index contributed by atoms with van der Waals surface area (Å²) in [7, 11) is 0. The number of aromatic nitrogens is 1. The van der Waals surface area contributed by atoms with Gasteiger partial charge in [-0.2, -0.15) is 13.2 Å². The molecule has 1 atom stereocenters. The van der Waals surface area contributed by atoms with E-state index in [9.17, 15) is 13.2 Å². The number of nitrogens with one attached hydrogen (secondary N) is 2. The first-order valence-corrected chi connectivity index (χ1v) is 13.9. The molecule has 206 valence electrons. The van der Waals surface area contributed by atoms with Crippen LogP contribution in [0.5, 0.6) is 0 Å². The Morgan fingerprint density at radius 3 is 2.49 bits per heavy atom. The number of alkyl halides is 3. The largest absolute Gasteiger partial charge is 0.416 e. The van der Waals surface area contributed by atoms with Gasteiger partial charge in [-0.15, -0.1) is 0 Å². The second-order valence-corrected chi connectivity index (χ2v) is 10.9. The van der Waals surface area contributed by atoms with Crippen molar-refractivity contribution >= 4 is 33.8 Å². The summed E-state index contributed by atoms with van der Waals surface area (Å²) in [5, 5.41) is 8.20. The highest BCUT2D eigenvalue weighted by atomic mass is 32.1. The van der Waals surface area contributed by atoms with Gasteiger partial charge in [-0.05, 0) is 89.5 Å². The zero-order valence-electron chi connectivity index (χ0n) is 22.4. The lowest BCUT2D eigenvalue weighted by atomic mass is 9.94. The fraction of sp³-hybridized carbons (Fsp3) is 0.176. The molecule has 41 heavy (non-hydrogen) atoms. The Hall–Kier alpha value is -4.07. The second-order valence-electron chi connectivity index (χ2n) is 10.5. The average molecular weight is 568 g/mol. The first-order valence-electron chi connectivity index (χ1n) is 13.5. The minimum atomic E-state index is -4.38. The molecule has 0 amide bonds. The molecular formula is C34H28F3N3S. The number of thiocarbonyl (C=S) groups is 1. The van der Waals surface area contributed by atoms with Gasteiger partial charge >= 0.3 is 6.18 Å². The summed E-state index contributed by atoms with van der Waals surface area (Å²) in [6, 6.07) is 28.0. The Morgan fingerprint density at radius 1 is 0.902 bits per heavy atom. The fourth-order valence-electron chi connectivity index (χ4n) is 5.58. The molecule has 0 saturated heterocycles. The third-order valence-electron chi connectivity index (χ3n) is 7.66. The van der Waals surface area contributed by atoms with E-state index in [2.05, 4.69) is 39.9 Å². The smallest absolute Gasteiger partial charge is 0.346 e. The number of nitrogens with zero attached hydrogens (tertiary/aromatic N) is 1. The van der Waals surface area contributed by atoms with Gasteiger partial charge in [-0.1, -0.05) is 66.8 Å². The average Bonchev–Trinajstić information content (AvgIpc) is 3.38. The number of anilines is 1. The van der Waals surface area contributed by atoms with Crippen LogP contribution in [0.4, 0.5) is 18.9 Å². The lowest BCUT2D eigenvalue weighted by Crippen LogP contribution is -2.28. The number of fused-ring (bicyclic) bond motifs is 2. The van der Waals surface area contributed by atoms with Gasteiger partial charge in [-0.25, -0.2) is 0 Å². The first kappa shape index (κ1) is 27.1. The Kier molecular flexibility index (Phi) is 7.32. The van der Waals surface area contributed by atoms with Crippen molar-refractivity contribution in [2.45, 2.75) is 38.5 Å². The molecule has 0 bridgehead atoms. The van der Waals surface area contributed by atoms with Gasteiger partial charge in [0.1, 0.15) is 4.99 Å². The molecule has 0 aliphatic heterocycles. The summed E-state index contributed by atoms with van der Waals surface area (Å²) in [6.45, 7) is 2.70. The number of halogens is 3. The molecule has 0 spiro atoms. The molecule has 1 aromatic heterocycles. The summed E-state index contributed by atoms with van der Waals surface area (Å²) >= 11 is 5.81. The summed E-state index contributed by atoms with van der Waals surface area (Å²) in [5.74, 6) is 0. The van der Waals surface area contributed by atoms with E-state index in [1.54, 1.807) is 0 Å². The van der Waals surface area contributed by atoms with E-state index in [4.69, 9.17) is 12.2 Å². The number of pyridine rings is 1. The van der Waals surface area contributed by atoms with Crippen LogP contribution in [0.1, 0.15) is 33.4 Å². The van der Waals surface area contributed by atoms with Crippen molar-refractivity contribution in [1.82, 2.24) is 10.3 Å². The van der Waals surface area contributed by atoms with Gasteiger partial charge in [0.15, 0.2) is 0 Å². The third-order valence-corrected chi connectivity index (χ3v) is 7.98. The van der Waals surface area contributed by atoms with Gasteiger partial charge in [0.25, 0.3) is 0 Å². The molecule has 5 aromatic rings. The van der Waals surface area contributed by atoms with E-state index in [0.717, 1.165) is 70.4 Å². The topological polar surface area (TPSA) is 37.0 Å². The van der Waals surface area contributed by atoms with Crippen LogP contribution in [-0.2, 0) is 25.6 Å². The first-order chi connectivity index (χ1) is 19.7. The van der Waals surface area contributed by atoms with E-state index in [1.165, 1.54) is 23.3 Å². The van der Waals surface area contributed by atoms with Crippen molar-refractivity contribution in [3.8, 4) is 11.1 Å². The van der Waals surface area contributed by atoms with Crippen LogP contribution in [0, 0.1) is 6.92 Å². The zero-order valence-corrected chi connectivity index (χ0v) is 23.2. The predicted octanol–water partition coefficient (Wildman–Crippen LogP) is 8.27. The summed E-state index contributed by atoms with van der Waals surface area (Å²) in [6.07, 6.45) is -0.568. The molecule has 3 nitrogen and oxygen atoms in total. The van der Waals surface area contributed by atoms with E-state index < -0.39 is 11.7 Å². The minimum absolute atomic E-state index is 0.335. The maximum Gasteiger partial charge on any atom is 0.416 e. The van der Waals surface area contributed by atoms with Crippen molar-refractivity contribution in [2.24, 2.45) is 0 Å². The lowest BCUT2D eigenvalue weighted by Gasteiger charge is -2.16. The molecule has 1 heterocycles. The monoisotopic (exact) mass is 567 g/mol. The molecule has 1 aliphatic carbocycles. The summed E-state index contributed by atoms with van der Waals surface area (Å²) in [4.78, 5) is 5.10. The quantitative estimate of drug-likeness (QED) is 0.203. The molecule has 0 unspecified atom stereocenters. The molecule has 4 aromatic carbocycles. The third kappa shape index (κ3) is 5.87. The van der Waals surface area contributed by atoms with Crippen LogP contribution in [0.3, 0.4) is 0 Å². The minimum Gasteiger partial charge on any atom is -0.346 e. The maximum atomic E-state index is 13.1. The SMILES string of the molecule is Cc1cccc(C(=S)Nc2ccc3c(c2)C[C@@H](NCc2cnc4ccccc4c2)C3)c1-c1ccc(C(F)(F)F)cc1. The highest BCUT2D eigenvalue weighted by Crippen LogP contribution is 2.34. The molecule has 0 radical (unpaired) electrons. The van der Waals surface area contributed by atoms with Gasteiger partial charge in [0.2, 0.25) is 0 Å². The van der Waals surface area contributed by atoms with Crippen molar-refractivity contribution in [2.75, 3.05) is 5.32 Å². The van der Waals surface area contributed by atoms with Crippen LogP contribution in [0.25, 0.3) is 22.0 Å². The molecular weight excluding hydrogens is 539 g/mol. The van der Waals surface area contributed by atoms with Crippen LogP contribution in [-0.4, -0.2) is 16.0 Å². The fourth-order valence-corrected chi connectivity index (χ4v) is 5.87. The molecule has 1 aliphatic rings. The maximum absolute atomic E-state index is 13.1. The number of rotatable bonds is 6. The van der Waals surface area contributed by atoms with Crippen LogP contribution in [0.15, 0.2) is 97.2 Å². The molecule has 2 N–H and O–H groups in total. The molecule has 0 fully saturated rings. The highest BCUT2D eigenvalue weighted by Gasteiger charge is 2.30. The van der Waals surface area contributed by atoms with Crippen LogP contribution < -0.4 is 10.6 Å². The van der Waals surface area contributed by atoms with E-state index in [1.807, 2.05) is 55.6 Å². The Bertz CT molecular complexity index is 1750. The van der Waals surface area contributed by atoms with E-state index in [0.29, 0.717) is 16.6 Å². The van der Waals surface area contributed by atoms with Crippen molar-refractivity contribution in [3.05, 3.63) is 131 Å². The zero-order chi connectivity index (χ0) is 28.6. The number of aryl methyl sites for hydroxylation is 1. The van der Waals surface area contributed by atoms with Gasteiger partial charge in [0.05, 0.1) is 11.1 Å². The number of hydrogen-bond donors (Lipinski definition) is 2. The molecule has 7 heteroatoms. The van der Waals surface area contributed by atoms with Crippen LogP contribution >= 0.6 is 12.2 Å².